The lowest BCUT2D eigenvalue weighted by Gasteiger charge is -2.39. The van der Waals surface area contributed by atoms with E-state index in [0.29, 0.717) is 43.6 Å². The van der Waals surface area contributed by atoms with E-state index in [1.165, 1.54) is 19.3 Å². The average Bonchev–Trinajstić information content (AvgIpc) is 3.17. The number of nitrogen functional groups attached to an aromatic ring is 1. The number of benzene rings is 4. The van der Waals surface area contributed by atoms with Crippen LogP contribution in [0, 0.1) is 0 Å². The van der Waals surface area contributed by atoms with Gasteiger partial charge in [0.1, 0.15) is 0 Å². The predicted molar refractivity (Wildman–Crippen MR) is 200 cm³/mol. The number of ether oxygens (including phenoxy) is 2. The third-order valence-corrected chi connectivity index (χ3v) is 9.75. The number of aliphatic hydroxyl groups is 1. The number of carbonyl (C=O) groups excluding carboxylic acids is 2. The highest BCUT2D eigenvalue weighted by Gasteiger charge is 2.33. The van der Waals surface area contributed by atoms with Crippen LogP contribution in [0.3, 0.4) is 0 Å². The minimum atomic E-state index is -0.483. The smallest absolute Gasteiger partial charge is 0.224 e. The molecule has 51 heavy (non-hydrogen) atoms. The number of unbranched alkanes of at least 4 members (excludes halogenated alkanes) is 1. The Kier molecular flexibility index (Phi) is 12.9. The van der Waals surface area contributed by atoms with Crippen LogP contribution < -0.4 is 16.4 Å². The van der Waals surface area contributed by atoms with Crippen LogP contribution in [0.4, 0.5) is 11.4 Å². The molecule has 9 heteroatoms. The van der Waals surface area contributed by atoms with Crippen LogP contribution in [0.5, 0.6) is 0 Å². The normalized spacial score (nSPS) is 19.4. The number of rotatable bonds is 14. The number of carbonyl (C=O) groups is 2. The quantitative estimate of drug-likeness (QED) is 0.0810. The van der Waals surface area contributed by atoms with Gasteiger partial charge >= 0.3 is 0 Å². The maximum atomic E-state index is 12.6. The fourth-order valence-corrected chi connectivity index (χ4v) is 6.84. The molecule has 0 unspecified atom stereocenters. The van der Waals surface area contributed by atoms with E-state index in [1.807, 2.05) is 36.4 Å². The van der Waals surface area contributed by atoms with Gasteiger partial charge in [0.05, 0.1) is 30.2 Å². The summed E-state index contributed by atoms with van der Waals surface area (Å²) in [5.74, 6) is -0.144. The number of nitrogens with one attached hydrogen (secondary N) is 2. The van der Waals surface area contributed by atoms with Crippen molar-refractivity contribution in [2.75, 3.05) is 30.7 Å². The van der Waals surface area contributed by atoms with Crippen molar-refractivity contribution in [3.05, 3.63) is 119 Å². The topological polar surface area (TPSA) is 126 Å². The summed E-state index contributed by atoms with van der Waals surface area (Å²) in [5, 5.41) is 15.4. The molecule has 0 spiro atoms. The first-order valence-electron chi connectivity index (χ1n) is 18.3. The van der Waals surface area contributed by atoms with Crippen molar-refractivity contribution in [1.29, 1.82) is 0 Å². The highest BCUT2D eigenvalue weighted by molar-refractivity contribution is 5.93. The number of aliphatic hydroxyl groups excluding tert-OH is 1. The van der Waals surface area contributed by atoms with Gasteiger partial charge in [0, 0.05) is 37.9 Å². The average molecular weight is 691 g/mol. The summed E-state index contributed by atoms with van der Waals surface area (Å²) in [5.41, 5.74) is 13.1. The molecule has 0 bridgehead atoms. The summed E-state index contributed by atoms with van der Waals surface area (Å²) in [4.78, 5) is 27.3. The molecule has 0 radical (unpaired) electrons. The Balaban J connectivity index is 1.01. The number of anilines is 2. The first-order chi connectivity index (χ1) is 24.9. The van der Waals surface area contributed by atoms with Crippen molar-refractivity contribution in [3.63, 3.8) is 0 Å². The fourth-order valence-electron chi connectivity index (χ4n) is 6.84. The second-order valence-corrected chi connectivity index (χ2v) is 13.7. The summed E-state index contributed by atoms with van der Waals surface area (Å²) < 4.78 is 13.2. The predicted octanol–water partition coefficient (Wildman–Crippen LogP) is 7.27. The van der Waals surface area contributed by atoms with Crippen LogP contribution in [0.15, 0.2) is 97.1 Å². The molecule has 0 saturated carbocycles. The van der Waals surface area contributed by atoms with Gasteiger partial charge in [-0.15, -0.1) is 0 Å². The van der Waals surface area contributed by atoms with Gasteiger partial charge in [-0.25, -0.2) is 0 Å². The molecule has 2 fully saturated rings. The minimum absolute atomic E-state index is 0.0224. The minimum Gasteiger partial charge on any atom is -0.397 e. The molecule has 4 aromatic rings. The van der Waals surface area contributed by atoms with E-state index in [1.54, 1.807) is 12.1 Å². The number of likely N-dealkylation sites (tertiary alicyclic amines) is 1. The number of nitrogens with zero attached hydrogens (tertiary/aromatic N) is 1. The van der Waals surface area contributed by atoms with Crippen molar-refractivity contribution in [3.8, 4) is 11.1 Å². The zero-order chi connectivity index (χ0) is 35.4. The number of para-hydroxylation sites is 2. The van der Waals surface area contributed by atoms with Crippen LogP contribution in [0.1, 0.15) is 86.0 Å². The van der Waals surface area contributed by atoms with E-state index in [4.69, 9.17) is 15.2 Å². The van der Waals surface area contributed by atoms with Gasteiger partial charge in [0.25, 0.3) is 0 Å². The lowest BCUT2D eigenvalue weighted by atomic mass is 9.98. The zero-order valence-corrected chi connectivity index (χ0v) is 29.3. The van der Waals surface area contributed by atoms with Crippen molar-refractivity contribution in [2.45, 2.75) is 83.0 Å². The Labute approximate surface area is 301 Å². The summed E-state index contributed by atoms with van der Waals surface area (Å²) in [6, 6.07) is 31.8. The lowest BCUT2D eigenvalue weighted by Crippen LogP contribution is -2.41. The molecule has 9 nitrogen and oxygen atoms in total. The van der Waals surface area contributed by atoms with Crippen molar-refractivity contribution in [1.82, 2.24) is 10.2 Å². The van der Waals surface area contributed by atoms with E-state index >= 15 is 0 Å². The Morgan fingerprint density at radius 2 is 1.49 bits per heavy atom. The molecule has 0 aromatic heterocycles. The standard InChI is InChI=1S/C42H50N4O5/c43-37-11-2-3-12-38(37)45-41(49)14-5-4-13-40(48)44-27-31-9-8-10-35(25-31)32-19-21-34(22-20-32)42-50-36(28-46-23-6-1-7-24-46)26-39(51-42)33-17-15-30(29-47)16-18-33/h2-3,8-12,15-22,25,36,39,42,47H,1,4-7,13-14,23-24,26-29,43H2,(H,44,48)(H,45,49)/t36-,39+,42+/m0/s1. The molecule has 6 rings (SSSR count). The van der Waals surface area contributed by atoms with Crippen LogP contribution in [0.2, 0.25) is 0 Å². The second-order valence-electron chi connectivity index (χ2n) is 13.7. The Morgan fingerprint density at radius 3 is 2.24 bits per heavy atom. The van der Waals surface area contributed by atoms with Crippen molar-refractivity contribution < 1.29 is 24.2 Å². The number of piperidine rings is 1. The molecule has 2 aliphatic heterocycles. The van der Waals surface area contributed by atoms with E-state index in [2.05, 4.69) is 64.1 Å². The van der Waals surface area contributed by atoms with Gasteiger partial charge in [-0.2, -0.15) is 0 Å². The van der Waals surface area contributed by atoms with Crippen LogP contribution >= 0.6 is 0 Å². The van der Waals surface area contributed by atoms with Crippen LogP contribution in [0.25, 0.3) is 11.1 Å². The van der Waals surface area contributed by atoms with Gasteiger partial charge in [0.15, 0.2) is 6.29 Å². The monoisotopic (exact) mass is 690 g/mol. The number of hydrogen-bond donors (Lipinski definition) is 4. The van der Waals surface area contributed by atoms with Gasteiger partial charge in [0.2, 0.25) is 11.8 Å². The van der Waals surface area contributed by atoms with E-state index < -0.39 is 6.29 Å². The van der Waals surface area contributed by atoms with E-state index in [9.17, 15) is 14.7 Å². The SMILES string of the molecule is Nc1ccccc1NC(=O)CCCCC(=O)NCc1cccc(-c2ccc([C@@H]3O[C@H](CN4CCCCC4)C[C@H](c4ccc(CO)cc4)O3)cc2)c1. The number of amides is 2. The molecular formula is C42H50N4O5. The third-order valence-electron chi connectivity index (χ3n) is 9.75. The third kappa shape index (κ3) is 10.5. The molecule has 2 heterocycles. The van der Waals surface area contributed by atoms with Crippen LogP contribution in [-0.2, 0) is 32.2 Å². The second kappa shape index (κ2) is 18.1. The van der Waals surface area contributed by atoms with E-state index in [-0.39, 0.29) is 30.6 Å². The summed E-state index contributed by atoms with van der Waals surface area (Å²) in [6.45, 7) is 3.58. The number of hydrogen-bond acceptors (Lipinski definition) is 7. The van der Waals surface area contributed by atoms with Gasteiger partial charge in [-0.1, -0.05) is 85.3 Å². The first-order valence-corrected chi connectivity index (χ1v) is 18.3. The molecule has 268 valence electrons. The Hall–Kier alpha value is -4.54. The van der Waals surface area contributed by atoms with Crippen molar-refractivity contribution >= 4 is 23.2 Å². The summed E-state index contributed by atoms with van der Waals surface area (Å²) >= 11 is 0. The molecule has 2 amide bonds. The maximum absolute atomic E-state index is 12.6. The lowest BCUT2D eigenvalue weighted by molar-refractivity contribution is -0.253. The van der Waals surface area contributed by atoms with Gasteiger partial charge < -0.3 is 35.8 Å². The molecular weight excluding hydrogens is 640 g/mol. The molecule has 2 aliphatic rings. The Morgan fingerprint density at radius 1 is 0.765 bits per heavy atom. The largest absolute Gasteiger partial charge is 0.397 e. The molecule has 0 aliphatic carbocycles. The molecule has 4 aromatic carbocycles. The molecule has 3 atom stereocenters. The van der Waals surface area contributed by atoms with Crippen molar-refractivity contribution in [2.24, 2.45) is 0 Å². The fraction of sp³-hybridized carbons (Fsp3) is 0.381. The van der Waals surface area contributed by atoms with Gasteiger partial charge in [-0.3, -0.25) is 9.59 Å². The first kappa shape index (κ1) is 36.3. The molecule has 2 saturated heterocycles. The van der Waals surface area contributed by atoms with E-state index in [0.717, 1.165) is 59.4 Å². The summed E-state index contributed by atoms with van der Waals surface area (Å²) in [7, 11) is 0. The number of nitrogens with two attached hydrogens (primary N) is 1. The highest BCUT2D eigenvalue weighted by atomic mass is 16.7. The highest BCUT2D eigenvalue weighted by Crippen LogP contribution is 2.39. The maximum Gasteiger partial charge on any atom is 0.224 e. The summed E-state index contributed by atoms with van der Waals surface area (Å²) in [6.07, 6.45) is 5.97. The zero-order valence-electron chi connectivity index (χ0n) is 29.3. The van der Waals surface area contributed by atoms with Crippen LogP contribution in [-0.4, -0.2) is 47.6 Å². The Bertz CT molecular complexity index is 1720. The van der Waals surface area contributed by atoms with Gasteiger partial charge in [-0.05, 0) is 84.8 Å². The molecule has 5 N–H and O–H groups in total.